The first kappa shape index (κ1) is 24.4. The lowest BCUT2D eigenvalue weighted by Crippen LogP contribution is -2.13. The highest BCUT2D eigenvalue weighted by Crippen LogP contribution is 2.20. The number of para-hydroxylation sites is 1. The number of unbranched alkanes of at least 4 members (excludes halogenated alkanes) is 1. The summed E-state index contributed by atoms with van der Waals surface area (Å²) in [4.78, 5) is 21.3. The molecule has 1 unspecified atom stereocenters. The molecule has 0 bridgehead atoms. The number of benzene rings is 1. The average Bonchev–Trinajstić information content (AvgIpc) is 2.68. The smallest absolute Gasteiger partial charge is 0.373 e. The fourth-order valence-electron chi connectivity index (χ4n) is 2.24. The number of carbonyl (C=O) groups excluding carboxylic acids is 1. The summed E-state index contributed by atoms with van der Waals surface area (Å²) in [7, 11) is 0. The number of aliphatic carboxylic acids is 1. The number of ether oxygens (including phenoxy) is 2. The number of rotatable bonds is 11. The van der Waals surface area contributed by atoms with E-state index in [1.54, 1.807) is 6.92 Å². The molecule has 0 saturated heterocycles. The van der Waals surface area contributed by atoms with Crippen LogP contribution >= 0.6 is 0 Å². The molecule has 1 atom stereocenters. The van der Waals surface area contributed by atoms with Crippen LogP contribution in [-0.2, 0) is 14.3 Å². The summed E-state index contributed by atoms with van der Waals surface area (Å²) in [6.45, 7) is 9.50. The van der Waals surface area contributed by atoms with Crippen molar-refractivity contribution in [3.05, 3.63) is 54.8 Å². The quantitative estimate of drug-likeness (QED) is 0.319. The fourth-order valence-corrected chi connectivity index (χ4v) is 2.24. The lowest BCUT2D eigenvalue weighted by molar-refractivity contribution is -0.141. The van der Waals surface area contributed by atoms with Crippen LogP contribution in [-0.4, -0.2) is 23.7 Å². The van der Waals surface area contributed by atoms with Crippen LogP contribution in [0.25, 0.3) is 0 Å². The molecule has 0 aliphatic heterocycles. The van der Waals surface area contributed by atoms with Crippen LogP contribution in [0, 0.1) is 5.92 Å². The van der Waals surface area contributed by atoms with E-state index in [1.807, 2.05) is 36.4 Å². The molecule has 150 valence electrons. The van der Waals surface area contributed by atoms with E-state index >= 15 is 0 Å². The summed E-state index contributed by atoms with van der Waals surface area (Å²) in [5, 5.41) is 7.60. The van der Waals surface area contributed by atoms with Crippen LogP contribution < -0.4 is 4.74 Å². The van der Waals surface area contributed by atoms with Gasteiger partial charge in [0.2, 0.25) is 5.76 Å². The number of hydrogen-bond acceptors (Lipinski definition) is 4. The molecule has 5 heteroatoms. The van der Waals surface area contributed by atoms with Crippen molar-refractivity contribution in [2.45, 2.75) is 52.9 Å². The van der Waals surface area contributed by atoms with E-state index in [1.165, 1.54) is 19.3 Å². The summed E-state index contributed by atoms with van der Waals surface area (Å²) < 4.78 is 10.8. The van der Waals surface area contributed by atoms with Crippen molar-refractivity contribution < 1.29 is 24.2 Å². The normalized spacial score (nSPS) is 11.6. The maximum Gasteiger partial charge on any atom is 0.373 e. The summed E-state index contributed by atoms with van der Waals surface area (Å²) in [6.07, 6.45) is 8.28. The van der Waals surface area contributed by atoms with Crippen molar-refractivity contribution in [2.24, 2.45) is 5.92 Å². The number of carboxylic acids is 1. The second-order valence-electron chi connectivity index (χ2n) is 5.90. The van der Waals surface area contributed by atoms with E-state index in [0.717, 1.165) is 18.9 Å². The number of carbonyl (C=O) groups is 2. The summed E-state index contributed by atoms with van der Waals surface area (Å²) in [5.41, 5.74) is 0. The van der Waals surface area contributed by atoms with Gasteiger partial charge in [-0.25, -0.2) is 9.59 Å². The van der Waals surface area contributed by atoms with Gasteiger partial charge >= 0.3 is 11.9 Å². The molecule has 0 aliphatic rings. The third kappa shape index (κ3) is 12.4. The summed E-state index contributed by atoms with van der Waals surface area (Å²) >= 11 is 0. The van der Waals surface area contributed by atoms with Gasteiger partial charge in [0.1, 0.15) is 5.75 Å². The third-order valence-corrected chi connectivity index (χ3v) is 3.80. The van der Waals surface area contributed by atoms with Crippen LogP contribution in [0.3, 0.4) is 0 Å². The molecule has 1 aromatic rings. The van der Waals surface area contributed by atoms with Crippen LogP contribution in [0.15, 0.2) is 54.8 Å². The van der Waals surface area contributed by atoms with Crippen LogP contribution in [0.5, 0.6) is 5.75 Å². The zero-order valence-electron chi connectivity index (χ0n) is 16.6. The van der Waals surface area contributed by atoms with E-state index in [4.69, 9.17) is 14.6 Å². The molecule has 0 heterocycles. The van der Waals surface area contributed by atoms with Crippen molar-refractivity contribution in [3.63, 3.8) is 0 Å². The molecule has 27 heavy (non-hydrogen) atoms. The second-order valence-corrected chi connectivity index (χ2v) is 5.90. The molecule has 0 amide bonds. The monoisotopic (exact) mass is 376 g/mol. The highest BCUT2D eigenvalue weighted by Gasteiger charge is 2.14. The molecule has 0 spiro atoms. The van der Waals surface area contributed by atoms with E-state index < -0.39 is 11.9 Å². The third-order valence-electron chi connectivity index (χ3n) is 3.80. The largest absolute Gasteiger partial charge is 0.478 e. The molecule has 0 radical (unpaired) electrons. The van der Waals surface area contributed by atoms with Gasteiger partial charge in [-0.15, -0.1) is 0 Å². The molecule has 1 aromatic carbocycles. The van der Waals surface area contributed by atoms with E-state index in [0.29, 0.717) is 24.0 Å². The minimum Gasteiger partial charge on any atom is -0.478 e. The van der Waals surface area contributed by atoms with Gasteiger partial charge < -0.3 is 14.6 Å². The van der Waals surface area contributed by atoms with E-state index in [-0.39, 0.29) is 0 Å². The van der Waals surface area contributed by atoms with E-state index in [9.17, 15) is 9.59 Å². The molecule has 0 aromatic heterocycles. The molecular formula is C22H32O5. The standard InChI is InChI=1S/C19H28O3.C3H4O2/c1-4-7-11-16(5-2)14-15-18(19(20)21-6-3)22-17-12-9-8-10-13-17;1-2-3(4)5/h8-10,12-13,15-16H,4-7,11,14H2,1-3H3;2H,1H2,(H,4,5). The Balaban J connectivity index is 0.00000119. The molecule has 0 fully saturated rings. The Morgan fingerprint density at radius 2 is 1.81 bits per heavy atom. The molecule has 0 aliphatic carbocycles. The van der Waals surface area contributed by atoms with Crippen LogP contribution in [0.4, 0.5) is 0 Å². The van der Waals surface area contributed by atoms with Crippen molar-refractivity contribution in [3.8, 4) is 5.75 Å². The highest BCUT2D eigenvalue weighted by atomic mass is 16.6. The first-order valence-corrected chi connectivity index (χ1v) is 9.43. The summed E-state index contributed by atoms with van der Waals surface area (Å²) in [5.74, 6) is 0.164. The minimum atomic E-state index is -0.981. The molecule has 0 saturated carbocycles. The highest BCUT2D eigenvalue weighted by molar-refractivity contribution is 5.86. The molecule has 5 nitrogen and oxygen atoms in total. The molecular weight excluding hydrogens is 344 g/mol. The maximum atomic E-state index is 12.0. The Hall–Kier alpha value is -2.56. The summed E-state index contributed by atoms with van der Waals surface area (Å²) in [6, 6.07) is 9.35. The Morgan fingerprint density at radius 1 is 1.19 bits per heavy atom. The Bertz CT molecular complexity index is 578. The molecule has 1 N–H and O–H groups in total. The first-order valence-electron chi connectivity index (χ1n) is 9.43. The van der Waals surface area contributed by atoms with Crippen LogP contribution in [0.1, 0.15) is 52.9 Å². The van der Waals surface area contributed by atoms with Crippen molar-refractivity contribution in [1.29, 1.82) is 0 Å². The van der Waals surface area contributed by atoms with Crippen molar-refractivity contribution in [2.75, 3.05) is 6.61 Å². The van der Waals surface area contributed by atoms with Gasteiger partial charge in [0, 0.05) is 6.08 Å². The number of allylic oxidation sites excluding steroid dienone is 1. The average molecular weight is 376 g/mol. The molecule has 1 rings (SSSR count). The first-order chi connectivity index (χ1) is 13.0. The van der Waals surface area contributed by atoms with Gasteiger partial charge in [0.25, 0.3) is 0 Å². The van der Waals surface area contributed by atoms with Gasteiger partial charge in [-0.3, -0.25) is 0 Å². The van der Waals surface area contributed by atoms with Crippen molar-refractivity contribution >= 4 is 11.9 Å². The van der Waals surface area contributed by atoms with Gasteiger partial charge in [0.15, 0.2) is 0 Å². The van der Waals surface area contributed by atoms with E-state index in [2.05, 4.69) is 20.4 Å². The predicted molar refractivity (Wildman–Crippen MR) is 108 cm³/mol. The second kappa shape index (κ2) is 15.7. The Labute approximate surface area is 162 Å². The van der Waals surface area contributed by atoms with Gasteiger partial charge in [-0.2, -0.15) is 0 Å². The predicted octanol–water partition coefficient (Wildman–Crippen LogP) is 5.38. The van der Waals surface area contributed by atoms with Gasteiger partial charge in [-0.1, -0.05) is 64.3 Å². The topological polar surface area (TPSA) is 72.8 Å². The maximum absolute atomic E-state index is 12.0. The van der Waals surface area contributed by atoms with Crippen LogP contribution in [0.2, 0.25) is 0 Å². The zero-order chi connectivity index (χ0) is 20.5. The number of esters is 1. The minimum absolute atomic E-state index is 0.294. The lowest BCUT2D eigenvalue weighted by atomic mass is 9.95. The van der Waals surface area contributed by atoms with Crippen molar-refractivity contribution in [1.82, 2.24) is 0 Å². The zero-order valence-corrected chi connectivity index (χ0v) is 16.6. The van der Waals surface area contributed by atoms with Gasteiger partial charge in [0.05, 0.1) is 6.61 Å². The van der Waals surface area contributed by atoms with Gasteiger partial charge in [-0.05, 0) is 37.5 Å². The number of hydrogen-bond donors (Lipinski definition) is 1. The Morgan fingerprint density at radius 3 is 2.30 bits per heavy atom. The lowest BCUT2D eigenvalue weighted by Gasteiger charge is -2.14. The number of carboxylic acid groups (broad SMARTS) is 1. The SMILES string of the molecule is C=CC(=O)O.CCCCC(CC)CC=C(Oc1ccccc1)C(=O)OCC. The fraction of sp³-hybridized carbons (Fsp3) is 0.455. The Kier molecular flexibility index (Phi) is 14.2.